The van der Waals surface area contributed by atoms with E-state index in [-0.39, 0.29) is 5.91 Å². The van der Waals surface area contributed by atoms with E-state index in [0.29, 0.717) is 29.4 Å². The van der Waals surface area contributed by atoms with Gasteiger partial charge in [0.05, 0.1) is 12.8 Å². The first kappa shape index (κ1) is 13.1. The van der Waals surface area contributed by atoms with E-state index in [0.717, 1.165) is 5.56 Å². The van der Waals surface area contributed by atoms with Crippen LogP contribution >= 0.6 is 0 Å². The Kier molecular flexibility index (Phi) is 3.79. The molecule has 1 N–H and O–H groups in total. The topological polar surface area (TPSA) is 77.2 Å². The zero-order valence-electron chi connectivity index (χ0n) is 11.1. The fourth-order valence-corrected chi connectivity index (χ4v) is 1.71. The molecule has 19 heavy (non-hydrogen) atoms. The Balaban J connectivity index is 2.00. The molecule has 0 aliphatic rings. The molecule has 0 saturated heterocycles. The van der Waals surface area contributed by atoms with Crippen molar-refractivity contribution in [3.05, 3.63) is 40.9 Å². The number of aromatic nitrogens is 2. The van der Waals surface area contributed by atoms with Crippen LogP contribution in [-0.2, 0) is 6.54 Å². The Hall–Kier alpha value is -2.37. The first-order valence-corrected chi connectivity index (χ1v) is 5.82. The lowest BCUT2D eigenvalue weighted by Gasteiger charge is -2.05. The standard InChI is InChI=1S/C13H15N3O3/c1-8-12(9(2)19-16-8)13(17)15-7-10-4-5-11(18-3)14-6-10/h4-6H,7H2,1-3H3,(H,15,17). The van der Waals surface area contributed by atoms with Gasteiger partial charge in [0.1, 0.15) is 11.3 Å². The molecule has 100 valence electrons. The number of rotatable bonds is 4. The average molecular weight is 261 g/mol. The number of amides is 1. The monoisotopic (exact) mass is 261 g/mol. The highest BCUT2D eigenvalue weighted by Crippen LogP contribution is 2.12. The summed E-state index contributed by atoms with van der Waals surface area (Å²) in [5, 5.41) is 6.55. The highest BCUT2D eigenvalue weighted by molar-refractivity contribution is 5.95. The summed E-state index contributed by atoms with van der Waals surface area (Å²) in [6.07, 6.45) is 1.66. The van der Waals surface area contributed by atoms with Crippen LogP contribution in [0.25, 0.3) is 0 Å². The maximum atomic E-state index is 12.0. The quantitative estimate of drug-likeness (QED) is 0.905. The average Bonchev–Trinajstić information content (AvgIpc) is 2.76. The smallest absolute Gasteiger partial charge is 0.257 e. The van der Waals surface area contributed by atoms with E-state index in [1.165, 1.54) is 0 Å². The van der Waals surface area contributed by atoms with Gasteiger partial charge in [-0.25, -0.2) is 4.98 Å². The van der Waals surface area contributed by atoms with E-state index < -0.39 is 0 Å². The predicted molar refractivity (Wildman–Crippen MR) is 67.9 cm³/mol. The van der Waals surface area contributed by atoms with Crippen molar-refractivity contribution in [2.24, 2.45) is 0 Å². The van der Waals surface area contributed by atoms with Gasteiger partial charge < -0.3 is 14.6 Å². The van der Waals surface area contributed by atoms with Gasteiger partial charge in [0.15, 0.2) is 0 Å². The van der Waals surface area contributed by atoms with Gasteiger partial charge in [0.2, 0.25) is 5.88 Å². The molecular formula is C13H15N3O3. The Morgan fingerprint density at radius 3 is 2.74 bits per heavy atom. The molecule has 2 aromatic heterocycles. The molecule has 6 nitrogen and oxygen atoms in total. The molecule has 2 rings (SSSR count). The van der Waals surface area contributed by atoms with Gasteiger partial charge >= 0.3 is 0 Å². The summed E-state index contributed by atoms with van der Waals surface area (Å²) < 4.78 is 9.93. The zero-order valence-corrected chi connectivity index (χ0v) is 11.1. The van der Waals surface area contributed by atoms with E-state index in [4.69, 9.17) is 9.26 Å². The summed E-state index contributed by atoms with van der Waals surface area (Å²) in [7, 11) is 1.56. The minimum atomic E-state index is -0.202. The van der Waals surface area contributed by atoms with Crippen LogP contribution in [0.15, 0.2) is 22.9 Å². The maximum absolute atomic E-state index is 12.0. The number of pyridine rings is 1. The van der Waals surface area contributed by atoms with Gasteiger partial charge in [-0.05, 0) is 19.4 Å². The molecule has 1 amide bonds. The third-order valence-corrected chi connectivity index (χ3v) is 2.72. The van der Waals surface area contributed by atoms with E-state index in [1.54, 1.807) is 33.2 Å². The highest BCUT2D eigenvalue weighted by Gasteiger charge is 2.16. The van der Waals surface area contributed by atoms with Crippen LogP contribution in [0.3, 0.4) is 0 Å². The van der Waals surface area contributed by atoms with E-state index in [9.17, 15) is 4.79 Å². The van der Waals surface area contributed by atoms with Gasteiger partial charge in [-0.3, -0.25) is 4.79 Å². The lowest BCUT2D eigenvalue weighted by Crippen LogP contribution is -2.23. The number of ether oxygens (including phenoxy) is 1. The second-order valence-electron chi connectivity index (χ2n) is 4.09. The molecule has 0 spiro atoms. The minimum Gasteiger partial charge on any atom is -0.481 e. The fraction of sp³-hybridized carbons (Fsp3) is 0.308. The molecule has 2 aromatic rings. The van der Waals surface area contributed by atoms with Crippen LogP contribution in [0.1, 0.15) is 27.4 Å². The Morgan fingerprint density at radius 2 is 2.21 bits per heavy atom. The van der Waals surface area contributed by atoms with E-state index >= 15 is 0 Å². The number of carbonyl (C=O) groups excluding carboxylic acids is 1. The lowest BCUT2D eigenvalue weighted by atomic mass is 10.2. The van der Waals surface area contributed by atoms with Gasteiger partial charge in [0.25, 0.3) is 5.91 Å². The van der Waals surface area contributed by atoms with Crippen molar-refractivity contribution in [1.82, 2.24) is 15.5 Å². The number of methoxy groups -OCH3 is 1. The molecule has 0 fully saturated rings. The summed E-state index contributed by atoms with van der Waals surface area (Å²) in [5.41, 5.74) is 1.96. The normalized spacial score (nSPS) is 10.3. The van der Waals surface area contributed by atoms with Crippen LogP contribution in [-0.4, -0.2) is 23.2 Å². The Bertz CT molecular complexity index is 556. The van der Waals surface area contributed by atoms with Gasteiger partial charge in [-0.15, -0.1) is 0 Å². The molecule has 0 aliphatic carbocycles. The van der Waals surface area contributed by atoms with Gasteiger partial charge in [0, 0.05) is 18.8 Å². The minimum absolute atomic E-state index is 0.202. The van der Waals surface area contributed by atoms with Crippen molar-refractivity contribution in [3.8, 4) is 5.88 Å². The van der Waals surface area contributed by atoms with Crippen molar-refractivity contribution < 1.29 is 14.1 Å². The second-order valence-corrected chi connectivity index (χ2v) is 4.09. The van der Waals surface area contributed by atoms with Gasteiger partial charge in [-0.2, -0.15) is 0 Å². The predicted octanol–water partition coefficient (Wildman–Crippen LogP) is 1.63. The van der Waals surface area contributed by atoms with Crippen molar-refractivity contribution in [2.75, 3.05) is 7.11 Å². The molecule has 0 atom stereocenters. The molecule has 2 heterocycles. The van der Waals surface area contributed by atoms with Crippen molar-refractivity contribution >= 4 is 5.91 Å². The molecule has 0 aliphatic heterocycles. The molecular weight excluding hydrogens is 246 g/mol. The van der Waals surface area contributed by atoms with Crippen LogP contribution in [0.5, 0.6) is 5.88 Å². The Labute approximate surface area is 110 Å². The number of aryl methyl sites for hydroxylation is 2. The number of nitrogens with zero attached hydrogens (tertiary/aromatic N) is 2. The first-order chi connectivity index (χ1) is 9.11. The molecule has 0 saturated carbocycles. The van der Waals surface area contributed by atoms with Crippen LogP contribution in [0.2, 0.25) is 0 Å². The van der Waals surface area contributed by atoms with Crippen LogP contribution < -0.4 is 10.1 Å². The molecule has 0 radical (unpaired) electrons. The van der Waals surface area contributed by atoms with Crippen molar-refractivity contribution in [1.29, 1.82) is 0 Å². The summed E-state index contributed by atoms with van der Waals surface area (Å²) in [6.45, 7) is 3.84. The number of nitrogens with one attached hydrogen (secondary N) is 1. The van der Waals surface area contributed by atoms with Crippen molar-refractivity contribution in [3.63, 3.8) is 0 Å². The lowest BCUT2D eigenvalue weighted by molar-refractivity contribution is 0.0949. The largest absolute Gasteiger partial charge is 0.481 e. The van der Waals surface area contributed by atoms with Gasteiger partial charge in [-0.1, -0.05) is 11.2 Å². The molecule has 0 unspecified atom stereocenters. The van der Waals surface area contributed by atoms with E-state index in [1.807, 2.05) is 6.07 Å². The fourth-order valence-electron chi connectivity index (χ4n) is 1.71. The number of hydrogen-bond acceptors (Lipinski definition) is 5. The van der Waals surface area contributed by atoms with Crippen LogP contribution in [0, 0.1) is 13.8 Å². The highest BCUT2D eigenvalue weighted by atomic mass is 16.5. The number of hydrogen-bond donors (Lipinski definition) is 1. The summed E-state index contributed by atoms with van der Waals surface area (Å²) in [4.78, 5) is 16.1. The number of carbonyl (C=O) groups is 1. The summed E-state index contributed by atoms with van der Waals surface area (Å²) >= 11 is 0. The molecule has 0 aromatic carbocycles. The van der Waals surface area contributed by atoms with E-state index in [2.05, 4.69) is 15.5 Å². The van der Waals surface area contributed by atoms with Crippen LogP contribution in [0.4, 0.5) is 0 Å². The SMILES string of the molecule is COc1ccc(CNC(=O)c2c(C)noc2C)cn1. The third kappa shape index (κ3) is 2.90. The maximum Gasteiger partial charge on any atom is 0.257 e. The molecule has 6 heteroatoms. The summed E-state index contributed by atoms with van der Waals surface area (Å²) in [5.74, 6) is 0.857. The Morgan fingerprint density at radius 1 is 1.42 bits per heavy atom. The molecule has 0 bridgehead atoms. The first-order valence-electron chi connectivity index (χ1n) is 5.82. The summed E-state index contributed by atoms with van der Waals surface area (Å²) in [6, 6.07) is 3.59. The third-order valence-electron chi connectivity index (χ3n) is 2.72. The second kappa shape index (κ2) is 5.51. The van der Waals surface area contributed by atoms with Crippen molar-refractivity contribution in [2.45, 2.75) is 20.4 Å². The zero-order chi connectivity index (χ0) is 13.8.